The molecule has 0 unspecified atom stereocenters. The van der Waals surface area contributed by atoms with Crippen LogP contribution in [0.15, 0.2) is 40.6 Å². The summed E-state index contributed by atoms with van der Waals surface area (Å²) in [4.78, 5) is 12.9. The quantitative estimate of drug-likeness (QED) is 0.916. The van der Waals surface area contributed by atoms with E-state index in [-0.39, 0.29) is 5.91 Å². The number of hydrogen-bond acceptors (Lipinski definition) is 4. The van der Waals surface area contributed by atoms with E-state index in [0.717, 1.165) is 10.4 Å². The molecule has 1 amide bonds. The van der Waals surface area contributed by atoms with Gasteiger partial charge in [-0.3, -0.25) is 4.79 Å². The van der Waals surface area contributed by atoms with E-state index in [9.17, 15) is 13.2 Å². The van der Waals surface area contributed by atoms with Crippen LogP contribution >= 0.6 is 11.3 Å². The summed E-state index contributed by atoms with van der Waals surface area (Å²) in [5.41, 5.74) is 1.69. The number of nitrogens with one attached hydrogen (secondary N) is 1. The zero-order valence-electron chi connectivity index (χ0n) is 13.7. The fourth-order valence-electron chi connectivity index (χ4n) is 1.87. The Hall–Kier alpha value is -1.66. The van der Waals surface area contributed by atoms with Gasteiger partial charge in [0.2, 0.25) is 0 Å². The average molecular weight is 351 g/mol. The second-order valence-electron chi connectivity index (χ2n) is 6.39. The Morgan fingerprint density at radius 2 is 1.70 bits per heavy atom. The third kappa shape index (κ3) is 4.00. The molecule has 6 heteroatoms. The van der Waals surface area contributed by atoms with E-state index in [2.05, 4.69) is 5.32 Å². The van der Waals surface area contributed by atoms with Crippen LogP contribution in [0.4, 0.5) is 0 Å². The zero-order valence-corrected chi connectivity index (χ0v) is 15.3. The van der Waals surface area contributed by atoms with Gasteiger partial charge in [0.25, 0.3) is 5.91 Å². The first-order chi connectivity index (χ1) is 10.6. The molecular formula is C17H21NO3S2. The van der Waals surface area contributed by atoms with E-state index in [1.165, 1.54) is 11.3 Å². The van der Waals surface area contributed by atoms with E-state index >= 15 is 0 Å². The number of thiophene rings is 1. The number of carbonyl (C=O) groups is 1. The van der Waals surface area contributed by atoms with Crippen molar-refractivity contribution >= 4 is 27.1 Å². The van der Waals surface area contributed by atoms with E-state index in [0.29, 0.717) is 16.3 Å². The molecule has 0 aliphatic carbocycles. The normalized spacial score (nSPS) is 12.2. The van der Waals surface area contributed by atoms with Gasteiger partial charge in [-0.05, 0) is 52.0 Å². The lowest BCUT2D eigenvalue weighted by Crippen LogP contribution is -2.27. The maximum absolute atomic E-state index is 12.4. The summed E-state index contributed by atoms with van der Waals surface area (Å²) in [5.74, 6) is -0.168. The minimum atomic E-state index is -3.35. The highest BCUT2D eigenvalue weighted by Crippen LogP contribution is 2.30. The molecular weight excluding hydrogens is 330 g/mol. The van der Waals surface area contributed by atoms with Crippen molar-refractivity contribution in [2.24, 2.45) is 0 Å². The second-order valence-corrected chi connectivity index (χ2v) is 10.5. The van der Waals surface area contributed by atoms with Gasteiger partial charge in [-0.2, -0.15) is 0 Å². The fraction of sp³-hybridized carbons (Fsp3) is 0.353. The van der Waals surface area contributed by atoms with E-state index < -0.39 is 14.6 Å². The summed E-state index contributed by atoms with van der Waals surface area (Å²) in [6.07, 6.45) is 0. The molecule has 1 heterocycles. The van der Waals surface area contributed by atoms with Crippen LogP contribution in [0.5, 0.6) is 0 Å². The topological polar surface area (TPSA) is 63.2 Å². The van der Waals surface area contributed by atoms with Crippen LogP contribution in [-0.4, -0.2) is 19.1 Å². The number of rotatable bonds is 4. The lowest BCUT2D eigenvalue weighted by molar-refractivity contribution is 0.0951. The molecule has 0 fully saturated rings. The second kappa shape index (κ2) is 6.45. The molecule has 0 spiro atoms. The van der Waals surface area contributed by atoms with Gasteiger partial charge in [0.05, 0.1) is 11.3 Å². The molecule has 124 valence electrons. The summed E-state index contributed by atoms with van der Waals surface area (Å²) in [5, 5.41) is 2.81. The number of benzene rings is 1. The number of hydrogen-bond donors (Lipinski definition) is 1. The molecule has 0 aliphatic heterocycles. The van der Waals surface area contributed by atoms with Crippen LogP contribution in [-0.2, 0) is 16.4 Å². The summed E-state index contributed by atoms with van der Waals surface area (Å²) in [6.45, 7) is 7.32. The van der Waals surface area contributed by atoms with Gasteiger partial charge < -0.3 is 5.32 Å². The molecule has 0 aliphatic rings. The summed E-state index contributed by atoms with van der Waals surface area (Å²) >= 11 is 1.20. The smallest absolute Gasteiger partial charge is 0.251 e. The predicted molar refractivity (Wildman–Crippen MR) is 93.6 cm³/mol. The van der Waals surface area contributed by atoms with Crippen LogP contribution < -0.4 is 5.32 Å². The molecule has 0 bridgehead atoms. The lowest BCUT2D eigenvalue weighted by Gasteiger charge is -2.17. The lowest BCUT2D eigenvalue weighted by atomic mass is 10.1. The average Bonchev–Trinajstić information content (AvgIpc) is 2.94. The van der Waals surface area contributed by atoms with Crippen molar-refractivity contribution in [2.75, 3.05) is 0 Å². The molecule has 1 aromatic heterocycles. The Morgan fingerprint density at radius 1 is 1.09 bits per heavy atom. The van der Waals surface area contributed by atoms with Crippen LogP contribution in [0, 0.1) is 6.92 Å². The van der Waals surface area contributed by atoms with Crippen molar-refractivity contribution in [3.05, 3.63) is 52.4 Å². The molecule has 2 rings (SSSR count). The molecule has 0 atom stereocenters. The van der Waals surface area contributed by atoms with Crippen molar-refractivity contribution in [1.82, 2.24) is 5.32 Å². The van der Waals surface area contributed by atoms with Crippen molar-refractivity contribution in [2.45, 2.75) is 43.2 Å². The standard InChI is InChI=1S/C17H21NO3S2/c1-12-5-7-13(8-6-12)16(19)18-11-14-9-10-15(22-14)23(20,21)17(2,3)4/h5-10H,11H2,1-4H3,(H,18,19). The van der Waals surface area contributed by atoms with E-state index in [1.807, 2.05) is 19.1 Å². The van der Waals surface area contributed by atoms with Crippen LogP contribution in [0.25, 0.3) is 0 Å². The molecule has 0 saturated carbocycles. The molecule has 1 N–H and O–H groups in total. The van der Waals surface area contributed by atoms with Crippen molar-refractivity contribution in [3.63, 3.8) is 0 Å². The Morgan fingerprint density at radius 3 is 2.26 bits per heavy atom. The minimum Gasteiger partial charge on any atom is -0.347 e. The monoisotopic (exact) mass is 351 g/mol. The highest BCUT2D eigenvalue weighted by atomic mass is 32.2. The maximum Gasteiger partial charge on any atom is 0.251 e. The molecule has 2 aromatic rings. The summed E-state index contributed by atoms with van der Waals surface area (Å²) in [7, 11) is -3.35. The number of amides is 1. The Bertz CT molecular complexity index is 797. The molecule has 0 saturated heterocycles. The van der Waals surface area contributed by atoms with Gasteiger partial charge in [-0.15, -0.1) is 11.3 Å². The van der Waals surface area contributed by atoms with Crippen LogP contribution in [0.1, 0.15) is 41.6 Å². The third-order valence-electron chi connectivity index (χ3n) is 3.44. The number of sulfone groups is 1. The van der Waals surface area contributed by atoms with Gasteiger partial charge in [0.15, 0.2) is 9.84 Å². The first kappa shape index (κ1) is 17.7. The van der Waals surface area contributed by atoms with E-state index in [4.69, 9.17) is 0 Å². The van der Waals surface area contributed by atoms with Gasteiger partial charge in [0, 0.05) is 10.4 Å². The Balaban J connectivity index is 2.06. The first-order valence-corrected chi connectivity index (χ1v) is 9.59. The highest BCUT2D eigenvalue weighted by molar-refractivity contribution is 7.94. The number of carbonyl (C=O) groups excluding carboxylic acids is 1. The van der Waals surface area contributed by atoms with Gasteiger partial charge in [-0.1, -0.05) is 17.7 Å². The van der Waals surface area contributed by atoms with Crippen molar-refractivity contribution in [3.8, 4) is 0 Å². The Kier molecular flexibility index (Phi) is 4.96. The molecule has 4 nitrogen and oxygen atoms in total. The minimum absolute atomic E-state index is 0.168. The molecule has 23 heavy (non-hydrogen) atoms. The van der Waals surface area contributed by atoms with Crippen molar-refractivity contribution in [1.29, 1.82) is 0 Å². The predicted octanol–water partition coefficient (Wildman–Crippen LogP) is 3.56. The SMILES string of the molecule is Cc1ccc(C(=O)NCc2ccc(S(=O)(=O)C(C)(C)C)s2)cc1. The van der Waals surface area contributed by atoms with Gasteiger partial charge >= 0.3 is 0 Å². The Labute approximate surface area is 141 Å². The molecule has 1 aromatic carbocycles. The maximum atomic E-state index is 12.4. The van der Waals surface area contributed by atoms with Crippen LogP contribution in [0.3, 0.4) is 0 Å². The largest absolute Gasteiger partial charge is 0.347 e. The van der Waals surface area contributed by atoms with Crippen LogP contribution in [0.2, 0.25) is 0 Å². The third-order valence-corrected chi connectivity index (χ3v) is 7.51. The summed E-state index contributed by atoms with van der Waals surface area (Å²) in [6, 6.07) is 10.7. The van der Waals surface area contributed by atoms with E-state index in [1.54, 1.807) is 45.0 Å². The van der Waals surface area contributed by atoms with Crippen molar-refractivity contribution < 1.29 is 13.2 Å². The molecule has 0 radical (unpaired) electrons. The zero-order chi connectivity index (χ0) is 17.3. The van der Waals surface area contributed by atoms with Gasteiger partial charge in [0.1, 0.15) is 4.21 Å². The fourth-order valence-corrected chi connectivity index (χ4v) is 4.91. The first-order valence-electron chi connectivity index (χ1n) is 7.29. The van der Waals surface area contributed by atoms with Gasteiger partial charge in [-0.25, -0.2) is 8.42 Å². The highest BCUT2D eigenvalue weighted by Gasteiger charge is 2.32. The number of aryl methyl sites for hydroxylation is 1. The summed E-state index contributed by atoms with van der Waals surface area (Å²) < 4.78 is 24.3.